The van der Waals surface area contributed by atoms with E-state index in [9.17, 15) is 4.79 Å². The molecule has 2 aromatic heterocycles. The van der Waals surface area contributed by atoms with Crippen molar-refractivity contribution < 1.29 is 9.53 Å². The van der Waals surface area contributed by atoms with Crippen LogP contribution in [0.2, 0.25) is 0 Å². The van der Waals surface area contributed by atoms with Crippen molar-refractivity contribution in [3.8, 4) is 11.4 Å². The fourth-order valence-corrected chi connectivity index (χ4v) is 3.36. The van der Waals surface area contributed by atoms with Crippen molar-refractivity contribution in [3.63, 3.8) is 0 Å². The van der Waals surface area contributed by atoms with E-state index in [0.717, 1.165) is 37.6 Å². The molecular formula is C21H26N6O2. The Morgan fingerprint density at radius 3 is 2.59 bits per heavy atom. The molecule has 0 radical (unpaired) electrons. The molecule has 1 aliphatic heterocycles. The standard InChI is InChI=1S/C21H26N6O2/c1-14(2)29-21(28)23-16-12-18-20(22-13-16)25-19(24-18)15-4-6-17(7-5-15)27-10-8-26(3)9-11-27/h4-7,12-14H,8-11H2,1-3H3,(H,23,28)(H,22,24,25). The lowest BCUT2D eigenvalue weighted by Crippen LogP contribution is -2.44. The van der Waals surface area contributed by atoms with Crippen molar-refractivity contribution in [3.05, 3.63) is 36.5 Å². The number of ether oxygens (including phenoxy) is 1. The van der Waals surface area contributed by atoms with Crippen LogP contribution in [0.15, 0.2) is 36.5 Å². The number of nitrogens with zero attached hydrogens (tertiary/aromatic N) is 4. The first-order chi connectivity index (χ1) is 14.0. The van der Waals surface area contributed by atoms with Gasteiger partial charge in [0.05, 0.1) is 18.0 Å². The van der Waals surface area contributed by atoms with E-state index in [4.69, 9.17) is 4.74 Å². The van der Waals surface area contributed by atoms with Gasteiger partial charge in [-0.05, 0) is 51.2 Å². The Morgan fingerprint density at radius 1 is 1.17 bits per heavy atom. The highest BCUT2D eigenvalue weighted by Gasteiger charge is 2.15. The maximum atomic E-state index is 11.8. The molecule has 8 heteroatoms. The lowest BCUT2D eigenvalue weighted by atomic mass is 10.1. The van der Waals surface area contributed by atoms with Crippen LogP contribution in [0, 0.1) is 0 Å². The van der Waals surface area contributed by atoms with E-state index in [-0.39, 0.29) is 6.10 Å². The predicted octanol–water partition coefficient (Wildman–Crippen LogP) is 3.33. The Morgan fingerprint density at radius 2 is 1.90 bits per heavy atom. The summed E-state index contributed by atoms with van der Waals surface area (Å²) in [6.07, 6.45) is 0.899. The van der Waals surface area contributed by atoms with Crippen LogP contribution in [0.1, 0.15) is 13.8 Å². The van der Waals surface area contributed by atoms with Crippen LogP contribution in [0.4, 0.5) is 16.2 Å². The molecule has 152 valence electrons. The number of piperazine rings is 1. The number of H-pyrrole nitrogens is 1. The minimum Gasteiger partial charge on any atom is -0.447 e. The van der Waals surface area contributed by atoms with Gasteiger partial charge in [0, 0.05) is 37.4 Å². The van der Waals surface area contributed by atoms with Gasteiger partial charge in [0.1, 0.15) is 11.3 Å². The Kier molecular flexibility index (Phi) is 5.35. The SMILES string of the molecule is CC(C)OC(=O)Nc1cnc2[nH]c(-c3ccc(N4CCN(C)CC4)cc3)nc2c1. The number of likely N-dealkylation sites (N-methyl/N-ethyl adjacent to an activating group) is 1. The van der Waals surface area contributed by atoms with Crippen molar-refractivity contribution in [1.29, 1.82) is 0 Å². The van der Waals surface area contributed by atoms with Crippen molar-refractivity contribution in [2.45, 2.75) is 20.0 Å². The van der Waals surface area contributed by atoms with Crippen LogP contribution in [-0.2, 0) is 4.74 Å². The lowest BCUT2D eigenvalue weighted by Gasteiger charge is -2.34. The summed E-state index contributed by atoms with van der Waals surface area (Å²) in [5, 5.41) is 2.67. The van der Waals surface area contributed by atoms with E-state index in [1.165, 1.54) is 5.69 Å². The predicted molar refractivity (Wildman–Crippen MR) is 114 cm³/mol. The highest BCUT2D eigenvalue weighted by molar-refractivity contribution is 5.88. The quantitative estimate of drug-likeness (QED) is 0.706. The second-order valence-electron chi connectivity index (χ2n) is 7.59. The number of hydrogen-bond acceptors (Lipinski definition) is 6. The monoisotopic (exact) mass is 394 g/mol. The first-order valence-electron chi connectivity index (χ1n) is 9.85. The average molecular weight is 394 g/mol. The highest BCUT2D eigenvalue weighted by Crippen LogP contribution is 2.24. The van der Waals surface area contributed by atoms with Crippen molar-refractivity contribution >= 4 is 28.6 Å². The van der Waals surface area contributed by atoms with Crippen molar-refractivity contribution in [2.24, 2.45) is 0 Å². The van der Waals surface area contributed by atoms with E-state index in [0.29, 0.717) is 16.9 Å². The van der Waals surface area contributed by atoms with Gasteiger partial charge in [-0.1, -0.05) is 0 Å². The molecular weight excluding hydrogens is 368 g/mol. The van der Waals surface area contributed by atoms with Gasteiger partial charge >= 0.3 is 6.09 Å². The summed E-state index contributed by atoms with van der Waals surface area (Å²) in [4.78, 5) is 28.7. The molecule has 29 heavy (non-hydrogen) atoms. The number of carbonyl (C=O) groups is 1. The van der Waals surface area contributed by atoms with Crippen molar-refractivity contribution in [1.82, 2.24) is 19.9 Å². The van der Waals surface area contributed by atoms with Crippen LogP contribution in [0.3, 0.4) is 0 Å². The number of rotatable bonds is 4. The first kappa shape index (κ1) is 19.2. The fraction of sp³-hybridized carbons (Fsp3) is 0.381. The third-order valence-corrected chi connectivity index (χ3v) is 4.93. The van der Waals surface area contributed by atoms with Crippen LogP contribution < -0.4 is 10.2 Å². The minimum atomic E-state index is -0.503. The number of anilines is 2. The van der Waals surface area contributed by atoms with E-state index in [1.807, 2.05) is 0 Å². The number of pyridine rings is 1. The molecule has 1 saturated heterocycles. The summed E-state index contributed by atoms with van der Waals surface area (Å²) in [6.45, 7) is 7.85. The number of imidazole rings is 1. The summed E-state index contributed by atoms with van der Waals surface area (Å²) in [7, 11) is 2.16. The second-order valence-corrected chi connectivity index (χ2v) is 7.59. The zero-order chi connectivity index (χ0) is 20.4. The zero-order valence-corrected chi connectivity index (χ0v) is 17.0. The Hall–Kier alpha value is -3.13. The molecule has 3 heterocycles. The van der Waals surface area contributed by atoms with Gasteiger partial charge in [0.2, 0.25) is 0 Å². The molecule has 0 spiro atoms. The molecule has 1 aliphatic rings. The van der Waals surface area contributed by atoms with Gasteiger partial charge in [-0.2, -0.15) is 0 Å². The minimum absolute atomic E-state index is 0.183. The number of carbonyl (C=O) groups excluding carboxylic acids is 1. The molecule has 0 saturated carbocycles. The van der Waals surface area contributed by atoms with Crippen molar-refractivity contribution in [2.75, 3.05) is 43.4 Å². The smallest absolute Gasteiger partial charge is 0.411 e. The van der Waals surface area contributed by atoms with Gasteiger partial charge in [0.15, 0.2) is 5.65 Å². The summed E-state index contributed by atoms with van der Waals surface area (Å²) in [6, 6.07) is 10.2. The summed E-state index contributed by atoms with van der Waals surface area (Å²) in [5.74, 6) is 0.749. The molecule has 0 unspecified atom stereocenters. The molecule has 8 nitrogen and oxygen atoms in total. The van der Waals surface area contributed by atoms with Crippen LogP contribution in [0.5, 0.6) is 0 Å². The number of aromatic nitrogens is 3. The van der Waals surface area contributed by atoms with Crippen LogP contribution in [-0.4, -0.2) is 65.3 Å². The van der Waals surface area contributed by atoms with E-state index >= 15 is 0 Å². The largest absolute Gasteiger partial charge is 0.447 e. The van der Waals surface area contributed by atoms with Gasteiger partial charge in [-0.15, -0.1) is 0 Å². The Labute approximate surface area is 169 Å². The third-order valence-electron chi connectivity index (χ3n) is 4.93. The second kappa shape index (κ2) is 8.08. The van der Waals surface area contributed by atoms with E-state index < -0.39 is 6.09 Å². The maximum absolute atomic E-state index is 11.8. The molecule has 0 atom stereocenters. The molecule has 0 bridgehead atoms. The molecule has 1 fully saturated rings. The number of benzene rings is 1. The average Bonchev–Trinajstić information content (AvgIpc) is 3.11. The molecule has 4 rings (SSSR count). The number of amides is 1. The number of aromatic amines is 1. The topological polar surface area (TPSA) is 86.4 Å². The molecule has 3 aromatic rings. The van der Waals surface area contributed by atoms with Gasteiger partial charge in [-0.3, -0.25) is 5.32 Å². The molecule has 2 N–H and O–H groups in total. The Bertz CT molecular complexity index is 990. The van der Waals surface area contributed by atoms with Crippen LogP contribution >= 0.6 is 0 Å². The normalized spacial score (nSPS) is 15.1. The molecule has 1 amide bonds. The van der Waals surface area contributed by atoms with Crippen LogP contribution in [0.25, 0.3) is 22.6 Å². The van der Waals surface area contributed by atoms with E-state index in [1.54, 1.807) is 26.1 Å². The summed E-state index contributed by atoms with van der Waals surface area (Å²) in [5.41, 5.74) is 4.13. The first-order valence-corrected chi connectivity index (χ1v) is 9.85. The summed E-state index contributed by atoms with van der Waals surface area (Å²) >= 11 is 0. The number of hydrogen-bond donors (Lipinski definition) is 2. The van der Waals surface area contributed by atoms with Gasteiger partial charge in [0.25, 0.3) is 0 Å². The summed E-state index contributed by atoms with van der Waals surface area (Å²) < 4.78 is 5.10. The molecule has 0 aliphatic carbocycles. The number of fused-ring (bicyclic) bond motifs is 1. The maximum Gasteiger partial charge on any atom is 0.411 e. The molecule has 1 aromatic carbocycles. The van der Waals surface area contributed by atoms with E-state index in [2.05, 4.69) is 61.4 Å². The van der Waals surface area contributed by atoms with Gasteiger partial charge < -0.3 is 19.5 Å². The third kappa shape index (κ3) is 4.48. The number of nitrogens with one attached hydrogen (secondary N) is 2. The zero-order valence-electron chi connectivity index (χ0n) is 17.0. The lowest BCUT2D eigenvalue weighted by molar-refractivity contribution is 0.130. The Balaban J connectivity index is 1.49. The fourth-order valence-electron chi connectivity index (χ4n) is 3.36. The highest BCUT2D eigenvalue weighted by atomic mass is 16.6. The van der Waals surface area contributed by atoms with Gasteiger partial charge in [-0.25, -0.2) is 14.8 Å².